The zero-order valence-corrected chi connectivity index (χ0v) is 7.94. The van der Waals surface area contributed by atoms with Gasteiger partial charge in [-0.1, -0.05) is 36.4 Å². The van der Waals surface area contributed by atoms with Crippen LogP contribution < -0.4 is 0 Å². The number of hydrogen-bond donors (Lipinski definition) is 0. The van der Waals surface area contributed by atoms with E-state index in [2.05, 4.69) is 52.7 Å². The van der Waals surface area contributed by atoms with Gasteiger partial charge in [0.2, 0.25) is 5.66 Å². The number of rotatable bonds is 1. The third-order valence-corrected chi connectivity index (χ3v) is 2.70. The lowest BCUT2D eigenvalue weighted by Gasteiger charge is -2.05. The summed E-state index contributed by atoms with van der Waals surface area (Å²) in [5.41, 5.74) is 0.917. The molecule has 1 aliphatic rings. The lowest BCUT2D eigenvalue weighted by atomic mass is 10.0. The van der Waals surface area contributed by atoms with Gasteiger partial charge in [-0.2, -0.15) is 10.2 Å². The molecule has 0 spiro atoms. The Kier molecular flexibility index (Phi) is 1.32. The normalized spacial score (nSPS) is 17.2. The van der Waals surface area contributed by atoms with E-state index >= 15 is 0 Å². The second-order valence-corrected chi connectivity index (χ2v) is 3.78. The van der Waals surface area contributed by atoms with Crippen molar-refractivity contribution in [3.63, 3.8) is 0 Å². The van der Waals surface area contributed by atoms with Gasteiger partial charge in [-0.3, -0.25) is 0 Å². The number of fused-ring (bicyclic) bond motifs is 1. The summed E-state index contributed by atoms with van der Waals surface area (Å²) >= 11 is 0. The first-order chi connectivity index (χ1) is 6.78. The van der Waals surface area contributed by atoms with Gasteiger partial charge in [-0.05, 0) is 23.8 Å². The minimum absolute atomic E-state index is 0.260. The van der Waals surface area contributed by atoms with E-state index in [4.69, 9.17) is 0 Å². The zero-order valence-electron chi connectivity index (χ0n) is 7.94. The predicted molar refractivity (Wildman–Crippen MR) is 56.2 cm³/mol. The molecule has 0 N–H and O–H groups in total. The molecule has 2 aromatic rings. The van der Waals surface area contributed by atoms with Crippen molar-refractivity contribution in [2.75, 3.05) is 0 Å². The summed E-state index contributed by atoms with van der Waals surface area (Å²) in [4.78, 5) is 0. The smallest absolute Gasteiger partial charge is 0.154 e. The van der Waals surface area contributed by atoms with E-state index in [0.717, 1.165) is 0 Å². The van der Waals surface area contributed by atoms with Gasteiger partial charge in [-0.15, -0.1) is 0 Å². The molecule has 0 fully saturated rings. The van der Waals surface area contributed by atoms with Gasteiger partial charge >= 0.3 is 0 Å². The Bertz CT molecular complexity index is 523. The van der Waals surface area contributed by atoms with Crippen molar-refractivity contribution in [3.05, 3.63) is 48.0 Å². The van der Waals surface area contributed by atoms with Crippen molar-refractivity contribution in [1.82, 2.24) is 0 Å². The molecular weight excluding hydrogens is 172 g/mol. The molecule has 2 aromatic carbocycles. The molecule has 0 aromatic heterocycles. The van der Waals surface area contributed by atoms with Crippen LogP contribution in [0.15, 0.2) is 52.7 Å². The molecule has 68 valence electrons. The Morgan fingerprint density at radius 1 is 0.929 bits per heavy atom. The van der Waals surface area contributed by atoms with Gasteiger partial charge in [0.1, 0.15) is 0 Å². The van der Waals surface area contributed by atoms with Crippen LogP contribution in [0.25, 0.3) is 10.8 Å². The van der Waals surface area contributed by atoms with Gasteiger partial charge < -0.3 is 0 Å². The fourth-order valence-electron chi connectivity index (χ4n) is 1.67. The molecule has 0 bridgehead atoms. The maximum Gasteiger partial charge on any atom is 0.213 e. The minimum atomic E-state index is -0.260. The van der Waals surface area contributed by atoms with Crippen LogP contribution in [0, 0.1) is 0 Å². The molecule has 0 amide bonds. The van der Waals surface area contributed by atoms with Crippen LogP contribution in [0.1, 0.15) is 12.5 Å². The van der Waals surface area contributed by atoms with E-state index in [-0.39, 0.29) is 5.66 Å². The van der Waals surface area contributed by atoms with Crippen LogP contribution >= 0.6 is 0 Å². The van der Waals surface area contributed by atoms with Gasteiger partial charge in [0.15, 0.2) is 0 Å². The zero-order chi connectivity index (χ0) is 9.60. The summed E-state index contributed by atoms with van der Waals surface area (Å²) in [6.45, 7) is 2.02. The fourth-order valence-corrected chi connectivity index (χ4v) is 1.67. The molecular formula is C12H10N2. The largest absolute Gasteiger partial charge is 0.213 e. The Morgan fingerprint density at radius 3 is 2.36 bits per heavy atom. The maximum atomic E-state index is 4.04. The van der Waals surface area contributed by atoms with Crippen LogP contribution in [0.2, 0.25) is 0 Å². The molecule has 14 heavy (non-hydrogen) atoms. The quantitative estimate of drug-likeness (QED) is 0.645. The van der Waals surface area contributed by atoms with Crippen molar-refractivity contribution in [3.8, 4) is 0 Å². The Balaban J connectivity index is 2.21. The average molecular weight is 182 g/mol. The molecule has 3 rings (SSSR count). The number of benzene rings is 2. The minimum Gasteiger partial charge on any atom is -0.154 e. The SMILES string of the molecule is CC1(c2ccc3ccccc3c2)N=N1. The summed E-state index contributed by atoms with van der Waals surface area (Å²) in [6.07, 6.45) is 0. The van der Waals surface area contributed by atoms with E-state index in [0.29, 0.717) is 0 Å². The lowest BCUT2D eigenvalue weighted by molar-refractivity contribution is 0.730. The standard InChI is InChI=1S/C12H10N2/c1-12(13-14-12)11-7-6-9-4-2-3-5-10(9)8-11/h2-8H,1H3. The second-order valence-electron chi connectivity index (χ2n) is 3.78. The molecule has 2 nitrogen and oxygen atoms in total. The number of nitrogens with zero attached hydrogens (tertiary/aromatic N) is 2. The van der Waals surface area contributed by atoms with Crippen molar-refractivity contribution in [1.29, 1.82) is 0 Å². The second kappa shape index (κ2) is 2.41. The van der Waals surface area contributed by atoms with Crippen molar-refractivity contribution in [2.45, 2.75) is 12.6 Å². The van der Waals surface area contributed by atoms with E-state index in [1.54, 1.807) is 0 Å². The molecule has 0 atom stereocenters. The van der Waals surface area contributed by atoms with Crippen LogP contribution in [-0.4, -0.2) is 0 Å². The third kappa shape index (κ3) is 1.04. The highest BCUT2D eigenvalue weighted by Gasteiger charge is 2.35. The Morgan fingerprint density at radius 2 is 1.64 bits per heavy atom. The summed E-state index contributed by atoms with van der Waals surface area (Å²) < 4.78 is 0. The van der Waals surface area contributed by atoms with Crippen LogP contribution in [-0.2, 0) is 5.66 Å². The molecule has 1 aliphatic heterocycles. The fraction of sp³-hybridized carbons (Fsp3) is 0.167. The summed E-state index contributed by atoms with van der Waals surface area (Å²) in [5, 5.41) is 10.6. The molecule has 0 saturated heterocycles. The van der Waals surface area contributed by atoms with Crippen LogP contribution in [0.5, 0.6) is 0 Å². The highest BCUT2D eigenvalue weighted by molar-refractivity contribution is 5.83. The van der Waals surface area contributed by atoms with Gasteiger partial charge in [0.05, 0.1) is 0 Å². The van der Waals surface area contributed by atoms with Crippen LogP contribution in [0.3, 0.4) is 0 Å². The van der Waals surface area contributed by atoms with Crippen LogP contribution in [0.4, 0.5) is 0 Å². The first-order valence-electron chi connectivity index (χ1n) is 4.71. The molecule has 0 aliphatic carbocycles. The van der Waals surface area contributed by atoms with E-state index in [1.807, 2.05) is 6.92 Å². The maximum absolute atomic E-state index is 4.04. The van der Waals surface area contributed by atoms with E-state index in [1.165, 1.54) is 16.3 Å². The monoisotopic (exact) mass is 182 g/mol. The Hall–Kier alpha value is -1.70. The predicted octanol–water partition coefficient (Wildman–Crippen LogP) is 3.48. The van der Waals surface area contributed by atoms with E-state index in [9.17, 15) is 0 Å². The highest BCUT2D eigenvalue weighted by Crippen LogP contribution is 2.39. The first kappa shape index (κ1) is 7.68. The summed E-state index contributed by atoms with van der Waals surface area (Å²) in [7, 11) is 0. The molecule has 0 unspecified atom stereocenters. The van der Waals surface area contributed by atoms with Crippen molar-refractivity contribution < 1.29 is 0 Å². The van der Waals surface area contributed by atoms with Crippen molar-refractivity contribution >= 4 is 10.8 Å². The summed E-state index contributed by atoms with van der Waals surface area (Å²) in [5.74, 6) is 0. The first-order valence-corrected chi connectivity index (χ1v) is 4.71. The van der Waals surface area contributed by atoms with Gasteiger partial charge in [-0.25, -0.2) is 0 Å². The van der Waals surface area contributed by atoms with Crippen molar-refractivity contribution in [2.24, 2.45) is 10.2 Å². The van der Waals surface area contributed by atoms with E-state index < -0.39 is 0 Å². The highest BCUT2D eigenvalue weighted by atomic mass is 15.4. The summed E-state index contributed by atoms with van der Waals surface area (Å²) in [6, 6.07) is 14.7. The molecule has 1 heterocycles. The molecule has 2 heteroatoms. The Labute approximate surface area is 82.3 Å². The average Bonchev–Trinajstić information content (AvgIpc) is 2.97. The number of hydrogen-bond acceptors (Lipinski definition) is 2. The van der Waals surface area contributed by atoms with Gasteiger partial charge in [0, 0.05) is 5.56 Å². The van der Waals surface area contributed by atoms with Gasteiger partial charge in [0.25, 0.3) is 0 Å². The molecule has 0 saturated carbocycles. The third-order valence-electron chi connectivity index (χ3n) is 2.70. The topological polar surface area (TPSA) is 24.7 Å². The molecule has 0 radical (unpaired) electrons. The lowest BCUT2D eigenvalue weighted by Crippen LogP contribution is -2.00.